The first-order valence-corrected chi connectivity index (χ1v) is 13.5. The number of carbonyl (C=O) groups is 2. The molecule has 4 aliphatic carbocycles. The third kappa shape index (κ3) is 4.30. The molecule has 0 aromatic carbocycles. The molecule has 0 saturated heterocycles. The smallest absolute Gasteiger partial charge is 0.335 e. The summed E-state index contributed by atoms with van der Waals surface area (Å²) in [6, 6.07) is -0.368. The Hall–Kier alpha value is -2.00. The highest BCUT2D eigenvalue weighted by Gasteiger charge is 2.71. The van der Waals surface area contributed by atoms with Crippen molar-refractivity contribution in [2.45, 2.75) is 103 Å². The summed E-state index contributed by atoms with van der Waals surface area (Å²) < 4.78 is 5.76. The number of ether oxygens (including phenoxy) is 1. The van der Waals surface area contributed by atoms with Gasteiger partial charge in [-0.15, -0.1) is 0 Å². The lowest BCUT2D eigenvalue weighted by Crippen LogP contribution is -2.75. The number of fused-ring (bicyclic) bond motifs is 5. The van der Waals surface area contributed by atoms with Crippen LogP contribution in [0.4, 0.5) is 0 Å². The third-order valence-electron chi connectivity index (χ3n) is 10.4. The molecule has 0 heterocycles. The summed E-state index contributed by atoms with van der Waals surface area (Å²) in [7, 11) is 0. The largest absolute Gasteiger partial charge is 0.478 e. The Morgan fingerprint density at radius 3 is 2.35 bits per heavy atom. The van der Waals surface area contributed by atoms with Crippen molar-refractivity contribution in [3.8, 4) is 0 Å². The van der Waals surface area contributed by atoms with Gasteiger partial charge in [-0.25, -0.2) is 4.79 Å². The molecule has 10 atom stereocenters. The molecule has 206 valence electrons. The predicted molar refractivity (Wildman–Crippen MR) is 140 cm³/mol. The molecule has 0 bridgehead atoms. The molecule has 7 N–H and O–H groups in total. The zero-order valence-corrected chi connectivity index (χ0v) is 22.7. The molecule has 4 fully saturated rings. The lowest BCUT2D eigenvalue weighted by molar-refractivity contribution is -0.193. The van der Waals surface area contributed by atoms with Crippen LogP contribution in [0.15, 0.2) is 34.9 Å². The minimum Gasteiger partial charge on any atom is -0.478 e. The van der Waals surface area contributed by atoms with E-state index in [4.69, 9.17) is 16.2 Å². The van der Waals surface area contributed by atoms with Gasteiger partial charge in [0.25, 0.3) is 0 Å². The third-order valence-corrected chi connectivity index (χ3v) is 10.4. The number of allylic oxidation sites excluding steroid dienone is 3. The van der Waals surface area contributed by atoms with Crippen molar-refractivity contribution in [1.82, 2.24) is 0 Å². The van der Waals surface area contributed by atoms with Crippen molar-refractivity contribution in [1.29, 1.82) is 0 Å². The van der Waals surface area contributed by atoms with Gasteiger partial charge in [0.05, 0.1) is 17.8 Å². The maximum atomic E-state index is 12.5. The van der Waals surface area contributed by atoms with Gasteiger partial charge in [0.15, 0.2) is 0 Å². The van der Waals surface area contributed by atoms with E-state index in [0.717, 1.165) is 18.4 Å². The lowest BCUT2D eigenvalue weighted by atomic mass is 9.39. The minimum atomic E-state index is -1.10. The first-order chi connectivity index (χ1) is 17.2. The van der Waals surface area contributed by atoms with Gasteiger partial charge in [0.1, 0.15) is 6.10 Å². The Morgan fingerprint density at radius 1 is 1.08 bits per heavy atom. The molecule has 0 amide bonds. The predicted octanol–water partition coefficient (Wildman–Crippen LogP) is 2.82. The average molecular weight is 517 g/mol. The molecule has 1 unspecified atom stereocenters. The van der Waals surface area contributed by atoms with Crippen LogP contribution in [0.2, 0.25) is 0 Å². The van der Waals surface area contributed by atoms with Crippen molar-refractivity contribution in [3.05, 3.63) is 34.9 Å². The minimum absolute atomic E-state index is 0.0370. The second-order valence-corrected chi connectivity index (χ2v) is 12.7. The quantitative estimate of drug-likeness (QED) is 0.217. The van der Waals surface area contributed by atoms with Crippen LogP contribution >= 0.6 is 0 Å². The molecular weight excluding hydrogens is 472 g/mol. The van der Waals surface area contributed by atoms with E-state index in [1.165, 1.54) is 6.92 Å². The molecule has 0 aromatic rings. The highest BCUT2D eigenvalue weighted by atomic mass is 16.5. The topological polar surface area (TPSA) is 156 Å². The number of carboxylic acid groups (broad SMARTS) is 1. The molecule has 0 spiro atoms. The van der Waals surface area contributed by atoms with Crippen molar-refractivity contribution in [2.24, 2.45) is 40.1 Å². The number of rotatable bonds is 4. The Labute approximate surface area is 219 Å². The van der Waals surface area contributed by atoms with E-state index in [2.05, 4.69) is 13.8 Å². The number of hydrogen-bond donors (Lipinski definition) is 5. The van der Waals surface area contributed by atoms with E-state index in [9.17, 15) is 24.9 Å². The molecule has 4 saturated carbocycles. The van der Waals surface area contributed by atoms with Crippen molar-refractivity contribution >= 4 is 11.9 Å². The zero-order chi connectivity index (χ0) is 27.5. The van der Waals surface area contributed by atoms with Crippen LogP contribution in [-0.2, 0) is 14.3 Å². The van der Waals surface area contributed by atoms with Crippen LogP contribution in [0.1, 0.15) is 73.1 Å². The van der Waals surface area contributed by atoms with Gasteiger partial charge in [-0.1, -0.05) is 31.6 Å². The standard InChI is InChI=1S/C29H44N2O6/c1-15(2)7-6-8-17(26(35)36)23-19-13-21(34)25-27(4)11-10-20(33)24(30)18(27)9-12-29(25,31)28(19,5)14-22(23)37-16(3)32/h6-8,18-22,24-25,33-34H,9-14,30-31H2,1-5H3,(H,35,36)/b8-6-,23-17-/t18-,19?,20+,21+,22-,24-,25-,27-,28-,29+/m0/s1. The summed E-state index contributed by atoms with van der Waals surface area (Å²) in [5.41, 5.74) is 13.8. The zero-order valence-electron chi connectivity index (χ0n) is 22.7. The first-order valence-electron chi connectivity index (χ1n) is 13.5. The second-order valence-electron chi connectivity index (χ2n) is 12.7. The second kappa shape index (κ2) is 9.63. The maximum absolute atomic E-state index is 12.5. The number of aliphatic hydroxyl groups is 2. The van der Waals surface area contributed by atoms with Crippen LogP contribution in [0, 0.1) is 28.6 Å². The summed E-state index contributed by atoms with van der Waals surface area (Å²) in [5, 5.41) is 32.5. The van der Waals surface area contributed by atoms with Crippen molar-refractivity contribution in [2.75, 3.05) is 0 Å². The highest BCUT2D eigenvalue weighted by molar-refractivity contribution is 5.91. The Kier molecular flexibility index (Phi) is 7.29. The molecule has 8 nitrogen and oxygen atoms in total. The van der Waals surface area contributed by atoms with Gasteiger partial charge in [-0.2, -0.15) is 0 Å². The van der Waals surface area contributed by atoms with E-state index >= 15 is 0 Å². The van der Waals surface area contributed by atoms with Gasteiger partial charge in [-0.05, 0) is 86.7 Å². The van der Waals surface area contributed by atoms with Crippen LogP contribution < -0.4 is 11.5 Å². The molecule has 4 aliphatic rings. The van der Waals surface area contributed by atoms with E-state index in [-0.39, 0.29) is 34.8 Å². The molecular formula is C29H44N2O6. The number of carboxylic acids is 1. The summed E-state index contributed by atoms with van der Waals surface area (Å²) >= 11 is 0. The van der Waals surface area contributed by atoms with Crippen LogP contribution in [0.5, 0.6) is 0 Å². The average Bonchev–Trinajstić information content (AvgIpc) is 3.05. The molecule has 0 aromatic heterocycles. The van der Waals surface area contributed by atoms with Crippen LogP contribution in [0.25, 0.3) is 0 Å². The number of aliphatic hydroxyl groups excluding tert-OH is 2. The Bertz CT molecular complexity index is 1050. The van der Waals surface area contributed by atoms with E-state index in [0.29, 0.717) is 31.3 Å². The summed E-state index contributed by atoms with van der Waals surface area (Å²) in [4.78, 5) is 24.7. The monoisotopic (exact) mass is 516 g/mol. The lowest BCUT2D eigenvalue weighted by Gasteiger charge is -2.68. The Balaban J connectivity index is 1.86. The van der Waals surface area contributed by atoms with Crippen LogP contribution in [0.3, 0.4) is 0 Å². The number of carbonyl (C=O) groups excluding carboxylic acids is 1. The fourth-order valence-corrected chi connectivity index (χ4v) is 8.79. The summed E-state index contributed by atoms with van der Waals surface area (Å²) in [5.74, 6) is -2.17. The van der Waals surface area contributed by atoms with Crippen molar-refractivity contribution < 1.29 is 29.6 Å². The molecule has 37 heavy (non-hydrogen) atoms. The summed E-state index contributed by atoms with van der Waals surface area (Å²) in [6.45, 7) is 9.42. The van der Waals surface area contributed by atoms with Gasteiger partial charge < -0.3 is 31.5 Å². The highest BCUT2D eigenvalue weighted by Crippen LogP contribution is 2.69. The number of nitrogens with two attached hydrogens (primary N) is 2. The maximum Gasteiger partial charge on any atom is 0.335 e. The van der Waals surface area contributed by atoms with Gasteiger partial charge in [0, 0.05) is 24.4 Å². The van der Waals surface area contributed by atoms with Gasteiger partial charge in [-0.3, -0.25) is 4.79 Å². The Morgan fingerprint density at radius 2 is 1.76 bits per heavy atom. The van der Waals surface area contributed by atoms with Gasteiger partial charge in [0.2, 0.25) is 0 Å². The first kappa shape index (κ1) is 28.0. The molecule has 8 heteroatoms. The number of aliphatic carboxylic acids is 1. The van der Waals surface area contributed by atoms with Gasteiger partial charge >= 0.3 is 11.9 Å². The normalized spacial score (nSPS) is 46.5. The fraction of sp³-hybridized carbons (Fsp3) is 0.724. The molecule has 0 radical (unpaired) electrons. The molecule has 0 aliphatic heterocycles. The fourth-order valence-electron chi connectivity index (χ4n) is 8.79. The van der Waals surface area contributed by atoms with E-state index < -0.39 is 41.2 Å². The SMILES string of the molecule is CC(=O)O[C@H]1C[C@@]2(C)C(C[C@@H](O)[C@H]3[C@@]4(C)CC[C@@H](O)[C@@H](N)[C@@H]4CC[C@@]32N)/C1=C(\C=C/C=C(C)C)C(=O)O. The number of esters is 1. The van der Waals surface area contributed by atoms with E-state index in [1.807, 2.05) is 19.9 Å². The van der Waals surface area contributed by atoms with E-state index in [1.54, 1.807) is 12.2 Å². The summed E-state index contributed by atoms with van der Waals surface area (Å²) in [6.07, 6.45) is 6.35. The van der Waals surface area contributed by atoms with Crippen LogP contribution in [-0.4, -0.2) is 57.2 Å². The van der Waals surface area contributed by atoms with Crippen molar-refractivity contribution in [3.63, 3.8) is 0 Å². The molecule has 4 rings (SSSR count). The number of hydrogen-bond acceptors (Lipinski definition) is 7.